The van der Waals surface area contributed by atoms with Gasteiger partial charge in [-0.3, -0.25) is 4.79 Å². The molecule has 0 spiro atoms. The van der Waals surface area contributed by atoms with E-state index in [4.69, 9.17) is 9.15 Å². The molecule has 2 rings (SSSR count). The molecule has 0 aliphatic heterocycles. The summed E-state index contributed by atoms with van der Waals surface area (Å²) in [6.07, 6.45) is 1.47. The van der Waals surface area contributed by atoms with E-state index in [0.717, 1.165) is 12.1 Å². The number of nitrogens with one attached hydrogen (secondary N) is 3. The van der Waals surface area contributed by atoms with Gasteiger partial charge in [0.25, 0.3) is 5.91 Å². The Labute approximate surface area is 160 Å². The van der Waals surface area contributed by atoms with Gasteiger partial charge in [-0.1, -0.05) is 12.1 Å². The van der Waals surface area contributed by atoms with Crippen LogP contribution in [0.3, 0.4) is 0 Å². The summed E-state index contributed by atoms with van der Waals surface area (Å²) in [4.78, 5) is 16.7. The molecule has 1 heterocycles. The van der Waals surface area contributed by atoms with Gasteiger partial charge in [0.2, 0.25) is 0 Å². The van der Waals surface area contributed by atoms with E-state index in [-0.39, 0.29) is 17.3 Å². The molecule has 0 fully saturated rings. The highest BCUT2D eigenvalue weighted by Gasteiger charge is 2.16. The number of anilines is 1. The first-order valence-electron chi connectivity index (χ1n) is 8.94. The van der Waals surface area contributed by atoms with E-state index < -0.39 is 0 Å². The summed E-state index contributed by atoms with van der Waals surface area (Å²) in [6, 6.07) is 10.9. The molecule has 27 heavy (non-hydrogen) atoms. The summed E-state index contributed by atoms with van der Waals surface area (Å²) in [6.45, 7) is 7.91. The van der Waals surface area contributed by atoms with Crippen LogP contribution in [0.2, 0.25) is 0 Å². The highest BCUT2D eigenvalue weighted by molar-refractivity contribution is 6.02. The molecule has 0 saturated heterocycles. The van der Waals surface area contributed by atoms with Crippen molar-refractivity contribution in [1.29, 1.82) is 0 Å². The number of carbonyl (C=O) groups excluding carboxylic acids is 1. The second kappa shape index (κ2) is 9.78. The van der Waals surface area contributed by atoms with Gasteiger partial charge in [0.1, 0.15) is 0 Å². The van der Waals surface area contributed by atoms with Gasteiger partial charge in [0.05, 0.1) is 18.4 Å². The number of hydrogen-bond donors (Lipinski definition) is 3. The Morgan fingerprint density at radius 1 is 1.22 bits per heavy atom. The molecule has 1 aromatic heterocycles. The summed E-state index contributed by atoms with van der Waals surface area (Å²) in [5, 5.41) is 9.32. The van der Waals surface area contributed by atoms with Crippen molar-refractivity contribution >= 4 is 17.6 Å². The van der Waals surface area contributed by atoms with E-state index in [1.807, 2.05) is 45.0 Å². The predicted molar refractivity (Wildman–Crippen MR) is 107 cm³/mol. The molecule has 1 amide bonds. The summed E-state index contributed by atoms with van der Waals surface area (Å²) >= 11 is 0. The van der Waals surface area contributed by atoms with Gasteiger partial charge in [-0.2, -0.15) is 0 Å². The third-order valence-corrected chi connectivity index (χ3v) is 3.93. The monoisotopic (exact) mass is 372 g/mol. The van der Waals surface area contributed by atoms with Crippen molar-refractivity contribution in [2.24, 2.45) is 4.99 Å². The minimum absolute atomic E-state index is 0.276. The van der Waals surface area contributed by atoms with Gasteiger partial charge in [-0.05, 0) is 50.6 Å². The number of hydrogen-bond acceptors (Lipinski definition) is 4. The van der Waals surface area contributed by atoms with Crippen molar-refractivity contribution in [2.45, 2.75) is 32.9 Å². The Morgan fingerprint density at radius 2 is 2.04 bits per heavy atom. The Balaban J connectivity index is 2.00. The van der Waals surface area contributed by atoms with Crippen molar-refractivity contribution in [3.05, 3.63) is 54.0 Å². The van der Waals surface area contributed by atoms with Crippen LogP contribution in [0.5, 0.6) is 0 Å². The third kappa shape index (κ3) is 6.79. The average molecular weight is 372 g/mol. The number of ether oxygens (including phenoxy) is 1. The molecule has 0 unspecified atom stereocenters. The highest BCUT2D eigenvalue weighted by atomic mass is 16.5. The Morgan fingerprint density at radius 3 is 2.70 bits per heavy atom. The molecule has 3 N–H and O–H groups in total. The number of nitrogens with zero attached hydrogens (tertiary/aromatic N) is 1. The number of rotatable bonds is 8. The quantitative estimate of drug-likeness (QED) is 0.490. The zero-order valence-corrected chi connectivity index (χ0v) is 16.3. The fraction of sp³-hybridized carbons (Fsp3) is 0.400. The number of methoxy groups -OCH3 is 1. The molecule has 0 aliphatic carbocycles. The first kappa shape index (κ1) is 20.5. The third-order valence-electron chi connectivity index (χ3n) is 3.93. The lowest BCUT2D eigenvalue weighted by atomic mass is 10.1. The van der Waals surface area contributed by atoms with Crippen molar-refractivity contribution in [2.75, 3.05) is 25.5 Å². The highest BCUT2D eigenvalue weighted by Crippen LogP contribution is 2.13. The van der Waals surface area contributed by atoms with Gasteiger partial charge in [0, 0.05) is 25.9 Å². The molecule has 0 bridgehead atoms. The van der Waals surface area contributed by atoms with E-state index in [2.05, 4.69) is 20.9 Å². The maximum atomic E-state index is 12.1. The summed E-state index contributed by atoms with van der Waals surface area (Å²) in [5.41, 5.74) is 1.39. The van der Waals surface area contributed by atoms with Gasteiger partial charge >= 0.3 is 0 Å². The molecular weight excluding hydrogens is 344 g/mol. The lowest BCUT2D eigenvalue weighted by Crippen LogP contribution is -2.45. The lowest BCUT2D eigenvalue weighted by Gasteiger charge is -2.24. The first-order chi connectivity index (χ1) is 12.9. The summed E-state index contributed by atoms with van der Waals surface area (Å²) in [5.74, 6) is 0.711. The lowest BCUT2D eigenvalue weighted by molar-refractivity contribution is 0.0268. The predicted octanol–water partition coefficient (Wildman–Crippen LogP) is 3.01. The first-order valence-corrected chi connectivity index (χ1v) is 8.94. The molecule has 146 valence electrons. The second-order valence-corrected chi connectivity index (χ2v) is 6.64. The van der Waals surface area contributed by atoms with E-state index in [9.17, 15) is 4.79 Å². The normalized spacial score (nSPS) is 11.9. The molecule has 1 aromatic carbocycles. The largest absolute Gasteiger partial charge is 0.459 e. The van der Waals surface area contributed by atoms with Crippen LogP contribution in [0.25, 0.3) is 0 Å². The molecule has 7 nitrogen and oxygen atoms in total. The molecular formula is C20H28N4O3. The van der Waals surface area contributed by atoms with Crippen LogP contribution in [-0.2, 0) is 11.3 Å². The van der Waals surface area contributed by atoms with Crippen LogP contribution in [0.4, 0.5) is 5.69 Å². The Hall–Kier alpha value is -2.80. The zero-order valence-electron chi connectivity index (χ0n) is 16.3. The number of benzene rings is 1. The minimum Gasteiger partial charge on any atom is -0.459 e. The summed E-state index contributed by atoms with van der Waals surface area (Å²) < 4.78 is 10.5. The van der Waals surface area contributed by atoms with Gasteiger partial charge in [0.15, 0.2) is 11.7 Å². The SMILES string of the molecule is CCNC(=NCc1cccc(NC(=O)c2ccco2)c1)NCC(C)(C)OC. The van der Waals surface area contributed by atoms with Crippen molar-refractivity contribution < 1.29 is 13.9 Å². The van der Waals surface area contributed by atoms with Crippen molar-refractivity contribution in [3.63, 3.8) is 0 Å². The van der Waals surface area contributed by atoms with Crippen LogP contribution >= 0.6 is 0 Å². The molecule has 0 radical (unpaired) electrons. The number of guanidine groups is 1. The van der Waals surface area contributed by atoms with Crippen LogP contribution < -0.4 is 16.0 Å². The summed E-state index contributed by atoms with van der Waals surface area (Å²) in [7, 11) is 1.69. The van der Waals surface area contributed by atoms with Crippen molar-refractivity contribution in [3.8, 4) is 0 Å². The number of amides is 1. The van der Waals surface area contributed by atoms with Gasteiger partial charge in [-0.15, -0.1) is 0 Å². The van der Waals surface area contributed by atoms with Crippen molar-refractivity contribution in [1.82, 2.24) is 10.6 Å². The van der Waals surface area contributed by atoms with Gasteiger partial charge < -0.3 is 25.1 Å². The fourth-order valence-corrected chi connectivity index (χ4v) is 2.23. The second-order valence-electron chi connectivity index (χ2n) is 6.64. The van der Waals surface area contributed by atoms with E-state index in [1.165, 1.54) is 6.26 Å². The average Bonchev–Trinajstić information content (AvgIpc) is 3.19. The zero-order chi connectivity index (χ0) is 19.7. The van der Waals surface area contributed by atoms with E-state index in [1.54, 1.807) is 19.2 Å². The van der Waals surface area contributed by atoms with Gasteiger partial charge in [-0.25, -0.2) is 4.99 Å². The van der Waals surface area contributed by atoms with E-state index in [0.29, 0.717) is 24.7 Å². The molecule has 0 saturated carbocycles. The fourth-order valence-electron chi connectivity index (χ4n) is 2.23. The topological polar surface area (TPSA) is 87.9 Å². The number of carbonyl (C=O) groups is 1. The standard InChI is InChI=1S/C20H28N4O3/c1-5-21-19(23-14-20(2,3)26-4)22-13-15-8-6-9-16(12-15)24-18(25)17-10-7-11-27-17/h6-12H,5,13-14H2,1-4H3,(H,24,25)(H2,21,22,23). The maximum Gasteiger partial charge on any atom is 0.291 e. The molecule has 0 atom stereocenters. The van der Waals surface area contributed by atoms with E-state index >= 15 is 0 Å². The Kier molecular flexibility index (Phi) is 7.43. The molecule has 7 heteroatoms. The number of aliphatic imine (C=N–C) groups is 1. The molecule has 2 aromatic rings. The maximum absolute atomic E-state index is 12.1. The van der Waals surface area contributed by atoms with Crippen LogP contribution in [-0.4, -0.2) is 37.7 Å². The van der Waals surface area contributed by atoms with Crippen LogP contribution in [0.15, 0.2) is 52.1 Å². The smallest absolute Gasteiger partial charge is 0.291 e. The molecule has 0 aliphatic rings. The van der Waals surface area contributed by atoms with Crippen LogP contribution in [0, 0.1) is 0 Å². The Bertz CT molecular complexity index is 754. The van der Waals surface area contributed by atoms with Crippen LogP contribution in [0.1, 0.15) is 36.9 Å². The minimum atomic E-state index is -0.285. The number of furan rings is 1.